The second kappa shape index (κ2) is 4.73. The molecule has 22 heavy (non-hydrogen) atoms. The second-order valence-electron chi connectivity index (χ2n) is 5.87. The third-order valence-electron chi connectivity index (χ3n) is 4.46. The number of nitrogens with one attached hydrogen (secondary N) is 1. The number of H-pyrrole nitrogens is 1. The van der Waals surface area contributed by atoms with Gasteiger partial charge in [-0.05, 0) is 13.0 Å². The van der Waals surface area contributed by atoms with Crippen molar-refractivity contribution in [1.29, 1.82) is 0 Å². The molecule has 1 amide bonds. The first kappa shape index (κ1) is 13.1. The van der Waals surface area contributed by atoms with Gasteiger partial charge in [-0.25, -0.2) is 4.98 Å². The maximum Gasteiger partial charge on any atom is 0.256 e. The summed E-state index contributed by atoms with van der Waals surface area (Å²) in [6, 6.07) is 8.12. The predicted molar refractivity (Wildman–Crippen MR) is 84.7 cm³/mol. The van der Waals surface area contributed by atoms with E-state index in [0.29, 0.717) is 6.54 Å². The molecule has 1 N–H and O–H groups in total. The van der Waals surface area contributed by atoms with Gasteiger partial charge in [-0.1, -0.05) is 18.2 Å². The lowest BCUT2D eigenvalue weighted by molar-refractivity contribution is 0.0725. The molecule has 0 spiro atoms. The van der Waals surface area contributed by atoms with Crippen molar-refractivity contribution in [3.8, 4) is 0 Å². The summed E-state index contributed by atoms with van der Waals surface area (Å²) in [6.07, 6.45) is 2.70. The lowest BCUT2D eigenvalue weighted by atomic mass is 10.0. The summed E-state index contributed by atoms with van der Waals surface area (Å²) in [4.78, 5) is 22.2. The van der Waals surface area contributed by atoms with Crippen LogP contribution in [-0.4, -0.2) is 31.9 Å². The van der Waals surface area contributed by atoms with Gasteiger partial charge in [0.15, 0.2) is 0 Å². The van der Waals surface area contributed by atoms with Gasteiger partial charge in [-0.2, -0.15) is 0 Å². The summed E-state index contributed by atoms with van der Waals surface area (Å²) < 4.78 is 2.15. The number of rotatable bonds is 2. The van der Waals surface area contributed by atoms with E-state index < -0.39 is 0 Å². The number of para-hydroxylation sites is 1. The van der Waals surface area contributed by atoms with Crippen molar-refractivity contribution in [3.05, 3.63) is 53.2 Å². The highest BCUT2D eigenvalue weighted by atomic mass is 16.2. The Kier molecular flexibility index (Phi) is 2.82. The zero-order valence-electron chi connectivity index (χ0n) is 12.8. The number of aryl methyl sites for hydroxylation is 2. The monoisotopic (exact) mass is 294 g/mol. The molecule has 0 atom stereocenters. The zero-order chi connectivity index (χ0) is 15.3. The Balaban J connectivity index is 1.75. The zero-order valence-corrected chi connectivity index (χ0v) is 12.8. The van der Waals surface area contributed by atoms with E-state index in [1.165, 1.54) is 0 Å². The molecule has 5 heteroatoms. The minimum atomic E-state index is 0.116. The molecule has 3 heterocycles. The Morgan fingerprint density at radius 2 is 2.14 bits per heavy atom. The Labute approximate surface area is 128 Å². The van der Waals surface area contributed by atoms with E-state index in [9.17, 15) is 4.79 Å². The molecule has 0 aliphatic carbocycles. The van der Waals surface area contributed by atoms with Crippen LogP contribution in [0.3, 0.4) is 0 Å². The molecule has 1 aromatic carbocycles. The molecule has 0 saturated carbocycles. The van der Waals surface area contributed by atoms with Gasteiger partial charge in [0.1, 0.15) is 5.82 Å². The second-order valence-corrected chi connectivity index (χ2v) is 5.87. The van der Waals surface area contributed by atoms with Crippen LogP contribution in [0.4, 0.5) is 0 Å². The minimum absolute atomic E-state index is 0.116. The third kappa shape index (κ3) is 1.85. The number of hydrogen-bond acceptors (Lipinski definition) is 2. The van der Waals surface area contributed by atoms with E-state index in [2.05, 4.69) is 20.6 Å². The summed E-state index contributed by atoms with van der Waals surface area (Å²) in [5.41, 5.74) is 4.11. The summed E-state index contributed by atoms with van der Waals surface area (Å²) >= 11 is 0. The topological polar surface area (TPSA) is 53.9 Å². The normalized spacial score (nSPS) is 14.6. The molecule has 0 radical (unpaired) electrons. The van der Waals surface area contributed by atoms with E-state index >= 15 is 0 Å². The largest absolute Gasteiger partial charge is 0.347 e. The molecule has 3 aromatic rings. The molecule has 112 valence electrons. The molecule has 0 saturated heterocycles. The van der Waals surface area contributed by atoms with E-state index in [0.717, 1.165) is 46.6 Å². The first-order valence-corrected chi connectivity index (χ1v) is 7.51. The van der Waals surface area contributed by atoms with E-state index in [4.69, 9.17) is 0 Å². The number of fused-ring (bicyclic) bond motifs is 3. The number of amides is 1. The number of benzene rings is 1. The van der Waals surface area contributed by atoms with Gasteiger partial charge in [0.05, 0.1) is 24.0 Å². The first-order chi connectivity index (χ1) is 10.6. The average molecular weight is 294 g/mol. The quantitative estimate of drug-likeness (QED) is 0.789. The Hall–Kier alpha value is -2.56. The fraction of sp³-hybridized carbons (Fsp3) is 0.294. The van der Waals surface area contributed by atoms with Gasteiger partial charge in [-0.15, -0.1) is 0 Å². The molecule has 2 aromatic heterocycles. The maximum absolute atomic E-state index is 12.9. The number of hydrogen-bond donors (Lipinski definition) is 1. The van der Waals surface area contributed by atoms with Crippen LogP contribution in [0.2, 0.25) is 0 Å². The number of carbonyl (C=O) groups excluding carboxylic acids is 1. The molecule has 0 unspecified atom stereocenters. The lowest BCUT2D eigenvalue weighted by Crippen LogP contribution is -2.37. The number of aromatic amines is 1. The van der Waals surface area contributed by atoms with Gasteiger partial charge in [-0.3, -0.25) is 4.79 Å². The highest BCUT2D eigenvalue weighted by Gasteiger charge is 2.29. The maximum atomic E-state index is 12.9. The van der Waals surface area contributed by atoms with Crippen molar-refractivity contribution in [2.24, 2.45) is 7.05 Å². The van der Waals surface area contributed by atoms with Gasteiger partial charge in [0.25, 0.3) is 5.91 Å². The van der Waals surface area contributed by atoms with Crippen molar-refractivity contribution in [2.75, 3.05) is 6.54 Å². The molecule has 4 rings (SSSR count). The van der Waals surface area contributed by atoms with E-state index in [1.54, 1.807) is 6.20 Å². The van der Waals surface area contributed by atoms with Crippen LogP contribution in [0.25, 0.3) is 10.9 Å². The van der Waals surface area contributed by atoms with Crippen molar-refractivity contribution < 1.29 is 4.79 Å². The van der Waals surface area contributed by atoms with Gasteiger partial charge in [0, 0.05) is 36.6 Å². The summed E-state index contributed by atoms with van der Waals surface area (Å²) in [5.74, 6) is 0.996. The highest BCUT2D eigenvalue weighted by Crippen LogP contribution is 2.30. The number of nitrogens with zero attached hydrogens (tertiary/aromatic N) is 3. The van der Waals surface area contributed by atoms with Crippen LogP contribution in [0.15, 0.2) is 30.5 Å². The van der Waals surface area contributed by atoms with Crippen LogP contribution in [0.5, 0.6) is 0 Å². The van der Waals surface area contributed by atoms with Crippen molar-refractivity contribution in [2.45, 2.75) is 19.9 Å². The Bertz CT molecular complexity index is 874. The molecule has 1 aliphatic heterocycles. The SMILES string of the molecule is Cc1ncc(CN2CCc3c(c4ccccc4n3C)C2=O)[nH]1. The van der Waals surface area contributed by atoms with Crippen LogP contribution in [-0.2, 0) is 20.0 Å². The Morgan fingerprint density at radius 3 is 2.91 bits per heavy atom. The molecule has 0 fully saturated rings. The van der Waals surface area contributed by atoms with Gasteiger partial charge >= 0.3 is 0 Å². The molecule has 0 bridgehead atoms. The minimum Gasteiger partial charge on any atom is -0.347 e. The molecule has 5 nitrogen and oxygen atoms in total. The van der Waals surface area contributed by atoms with Crippen LogP contribution >= 0.6 is 0 Å². The van der Waals surface area contributed by atoms with Crippen LogP contribution in [0.1, 0.15) is 27.6 Å². The summed E-state index contributed by atoms with van der Waals surface area (Å²) in [7, 11) is 2.04. The Morgan fingerprint density at radius 1 is 1.32 bits per heavy atom. The number of carbonyl (C=O) groups is 1. The number of aromatic nitrogens is 3. The van der Waals surface area contributed by atoms with Crippen LogP contribution < -0.4 is 0 Å². The summed E-state index contributed by atoms with van der Waals surface area (Å²) in [6.45, 7) is 3.25. The molecule has 1 aliphatic rings. The van der Waals surface area contributed by atoms with Crippen molar-refractivity contribution in [1.82, 2.24) is 19.4 Å². The average Bonchev–Trinajstić information content (AvgIpc) is 3.05. The lowest BCUT2D eigenvalue weighted by Gasteiger charge is -2.27. The fourth-order valence-corrected chi connectivity index (χ4v) is 3.39. The van der Waals surface area contributed by atoms with Gasteiger partial charge < -0.3 is 14.5 Å². The van der Waals surface area contributed by atoms with Gasteiger partial charge in [0.2, 0.25) is 0 Å². The first-order valence-electron chi connectivity index (χ1n) is 7.51. The predicted octanol–water partition coefficient (Wildman–Crippen LogP) is 2.41. The smallest absolute Gasteiger partial charge is 0.256 e. The standard InChI is InChI=1S/C17H18N4O/c1-11-18-9-12(19-11)10-21-8-7-15-16(17(21)22)13-5-3-4-6-14(13)20(15)2/h3-6,9H,7-8,10H2,1-2H3,(H,18,19). The van der Waals surface area contributed by atoms with Crippen molar-refractivity contribution in [3.63, 3.8) is 0 Å². The number of imidazole rings is 1. The highest BCUT2D eigenvalue weighted by molar-refractivity contribution is 6.09. The van der Waals surface area contributed by atoms with E-state index in [-0.39, 0.29) is 5.91 Å². The third-order valence-corrected chi connectivity index (χ3v) is 4.46. The molecular weight excluding hydrogens is 276 g/mol. The van der Waals surface area contributed by atoms with E-state index in [1.807, 2.05) is 37.1 Å². The molecular formula is C17H18N4O. The van der Waals surface area contributed by atoms with Crippen LogP contribution in [0, 0.1) is 6.92 Å². The fourth-order valence-electron chi connectivity index (χ4n) is 3.39. The van der Waals surface area contributed by atoms with Crippen molar-refractivity contribution >= 4 is 16.8 Å². The summed E-state index contributed by atoms with van der Waals surface area (Å²) in [5, 5.41) is 1.05.